The third-order valence-electron chi connectivity index (χ3n) is 4.45. The van der Waals surface area contributed by atoms with Gasteiger partial charge in [0.1, 0.15) is 11.3 Å². The number of piperidine rings is 1. The van der Waals surface area contributed by atoms with Crippen LogP contribution in [0.1, 0.15) is 18.7 Å². The second kappa shape index (κ2) is 5.48. The molecule has 1 unspecified atom stereocenters. The van der Waals surface area contributed by atoms with Crippen molar-refractivity contribution in [3.63, 3.8) is 0 Å². The summed E-state index contributed by atoms with van der Waals surface area (Å²) in [5, 5.41) is 0. The molecule has 0 saturated carbocycles. The number of anilines is 1. The van der Waals surface area contributed by atoms with Crippen LogP contribution >= 0.6 is 0 Å². The Morgan fingerprint density at radius 3 is 3.05 bits per heavy atom. The van der Waals surface area contributed by atoms with Gasteiger partial charge in [0.15, 0.2) is 5.58 Å². The van der Waals surface area contributed by atoms with E-state index < -0.39 is 0 Å². The molecule has 2 aromatic heterocycles. The molecule has 3 heterocycles. The van der Waals surface area contributed by atoms with Crippen LogP contribution in [0.2, 0.25) is 0 Å². The molecule has 0 aliphatic carbocycles. The van der Waals surface area contributed by atoms with Crippen LogP contribution in [-0.2, 0) is 6.54 Å². The van der Waals surface area contributed by atoms with Gasteiger partial charge in [-0.25, -0.2) is 4.98 Å². The predicted molar refractivity (Wildman–Crippen MR) is 85.9 cm³/mol. The Morgan fingerprint density at radius 2 is 2.23 bits per heavy atom. The summed E-state index contributed by atoms with van der Waals surface area (Å²) < 4.78 is 8.15. The van der Waals surface area contributed by atoms with Gasteiger partial charge in [-0.1, -0.05) is 12.1 Å². The first kappa shape index (κ1) is 13.4. The lowest BCUT2D eigenvalue weighted by molar-refractivity contribution is 0.352. The van der Waals surface area contributed by atoms with Gasteiger partial charge >= 0.3 is 0 Å². The number of nitrogens with zero attached hydrogens (tertiary/aromatic N) is 4. The first-order chi connectivity index (χ1) is 10.8. The number of para-hydroxylation sites is 2. The highest BCUT2D eigenvalue weighted by atomic mass is 16.4. The molecule has 114 valence electrons. The normalized spacial score (nSPS) is 19.0. The minimum absolute atomic E-state index is 0.608. The second-order valence-corrected chi connectivity index (χ2v) is 6.05. The molecule has 1 saturated heterocycles. The molecule has 0 bridgehead atoms. The largest absolute Gasteiger partial charge is 0.423 e. The van der Waals surface area contributed by atoms with Crippen molar-refractivity contribution in [1.29, 1.82) is 0 Å². The van der Waals surface area contributed by atoms with E-state index in [0.717, 1.165) is 42.6 Å². The summed E-state index contributed by atoms with van der Waals surface area (Å²) in [6.45, 7) is 5.08. The maximum Gasteiger partial charge on any atom is 0.298 e. The summed E-state index contributed by atoms with van der Waals surface area (Å²) in [6, 6.07) is 8.71. The van der Waals surface area contributed by atoms with Crippen LogP contribution < -0.4 is 4.90 Å². The molecule has 0 N–H and O–H groups in total. The van der Waals surface area contributed by atoms with Crippen LogP contribution in [0, 0.1) is 12.8 Å². The second-order valence-electron chi connectivity index (χ2n) is 6.05. The third-order valence-corrected chi connectivity index (χ3v) is 4.45. The Kier molecular flexibility index (Phi) is 3.33. The fourth-order valence-electron chi connectivity index (χ4n) is 3.26. The number of hydrogen-bond donors (Lipinski definition) is 0. The lowest BCUT2D eigenvalue weighted by Gasteiger charge is -2.31. The van der Waals surface area contributed by atoms with E-state index >= 15 is 0 Å². The topological polar surface area (TPSA) is 47.1 Å². The monoisotopic (exact) mass is 296 g/mol. The van der Waals surface area contributed by atoms with Crippen molar-refractivity contribution in [3.05, 3.63) is 42.5 Å². The lowest BCUT2D eigenvalue weighted by atomic mass is 9.98. The summed E-state index contributed by atoms with van der Waals surface area (Å²) in [5.74, 6) is 1.69. The number of aromatic nitrogens is 3. The smallest absolute Gasteiger partial charge is 0.298 e. The van der Waals surface area contributed by atoms with E-state index in [2.05, 4.69) is 32.6 Å². The SMILES string of the molecule is Cc1nccn1CC1CCCN(c2nc3ccccc3o2)C1. The number of hydrogen-bond acceptors (Lipinski definition) is 4. The van der Waals surface area contributed by atoms with E-state index in [1.54, 1.807) is 0 Å². The quantitative estimate of drug-likeness (QED) is 0.744. The van der Waals surface area contributed by atoms with Crippen LogP contribution in [0.25, 0.3) is 11.1 Å². The maximum atomic E-state index is 5.91. The van der Waals surface area contributed by atoms with E-state index in [9.17, 15) is 0 Å². The van der Waals surface area contributed by atoms with Crippen LogP contribution in [0.3, 0.4) is 0 Å². The minimum atomic E-state index is 0.608. The zero-order chi connectivity index (χ0) is 14.9. The Bertz CT molecular complexity index is 743. The van der Waals surface area contributed by atoms with E-state index in [0.29, 0.717) is 5.92 Å². The summed E-state index contributed by atoms with van der Waals surface area (Å²) >= 11 is 0. The Balaban J connectivity index is 1.51. The fraction of sp³-hybridized carbons (Fsp3) is 0.412. The first-order valence-corrected chi connectivity index (χ1v) is 7.88. The maximum absolute atomic E-state index is 5.91. The molecule has 3 aromatic rings. The summed E-state index contributed by atoms with van der Waals surface area (Å²) in [5.41, 5.74) is 1.80. The van der Waals surface area contributed by atoms with Crippen molar-refractivity contribution >= 4 is 17.1 Å². The lowest BCUT2D eigenvalue weighted by Crippen LogP contribution is -2.37. The number of imidazole rings is 1. The van der Waals surface area contributed by atoms with Gasteiger partial charge in [0, 0.05) is 32.0 Å². The molecule has 1 atom stereocenters. The van der Waals surface area contributed by atoms with Gasteiger partial charge in [-0.05, 0) is 37.8 Å². The molecule has 1 aromatic carbocycles. The molecule has 4 rings (SSSR count). The molecular weight excluding hydrogens is 276 g/mol. The van der Waals surface area contributed by atoms with Crippen LogP contribution in [0.5, 0.6) is 0 Å². The van der Waals surface area contributed by atoms with Gasteiger partial charge in [0.05, 0.1) is 0 Å². The van der Waals surface area contributed by atoms with Crippen LogP contribution in [0.4, 0.5) is 6.01 Å². The van der Waals surface area contributed by atoms with Crippen molar-refractivity contribution in [1.82, 2.24) is 14.5 Å². The van der Waals surface area contributed by atoms with Gasteiger partial charge < -0.3 is 13.9 Å². The zero-order valence-corrected chi connectivity index (χ0v) is 12.8. The average Bonchev–Trinajstić information content (AvgIpc) is 3.14. The van der Waals surface area contributed by atoms with Gasteiger partial charge in [0.2, 0.25) is 0 Å². The van der Waals surface area contributed by atoms with E-state index in [1.165, 1.54) is 12.8 Å². The van der Waals surface area contributed by atoms with Crippen molar-refractivity contribution in [2.45, 2.75) is 26.3 Å². The number of aryl methyl sites for hydroxylation is 1. The molecule has 1 aliphatic heterocycles. The first-order valence-electron chi connectivity index (χ1n) is 7.88. The highest BCUT2D eigenvalue weighted by Crippen LogP contribution is 2.27. The molecule has 0 amide bonds. The van der Waals surface area contributed by atoms with Crippen molar-refractivity contribution < 1.29 is 4.42 Å². The van der Waals surface area contributed by atoms with Crippen molar-refractivity contribution in [2.24, 2.45) is 5.92 Å². The Hall–Kier alpha value is -2.30. The van der Waals surface area contributed by atoms with E-state index in [4.69, 9.17) is 4.42 Å². The molecule has 1 fully saturated rings. The zero-order valence-electron chi connectivity index (χ0n) is 12.8. The van der Waals surface area contributed by atoms with Gasteiger partial charge in [0.25, 0.3) is 6.01 Å². The molecule has 5 nitrogen and oxygen atoms in total. The van der Waals surface area contributed by atoms with Crippen molar-refractivity contribution in [3.8, 4) is 0 Å². The minimum Gasteiger partial charge on any atom is -0.423 e. The Labute approximate surface area is 129 Å². The van der Waals surface area contributed by atoms with Gasteiger partial charge in [-0.15, -0.1) is 0 Å². The molecule has 1 aliphatic rings. The number of benzene rings is 1. The molecule has 0 radical (unpaired) electrons. The summed E-state index contributed by atoms with van der Waals surface area (Å²) in [4.78, 5) is 11.2. The number of oxazole rings is 1. The molecule has 0 spiro atoms. The molecule has 5 heteroatoms. The van der Waals surface area contributed by atoms with E-state index in [-0.39, 0.29) is 0 Å². The Morgan fingerprint density at radius 1 is 1.32 bits per heavy atom. The predicted octanol–water partition coefficient (Wildman–Crippen LogP) is 3.25. The van der Waals surface area contributed by atoms with Crippen LogP contribution in [0.15, 0.2) is 41.1 Å². The highest BCUT2D eigenvalue weighted by molar-refractivity contribution is 5.74. The summed E-state index contributed by atoms with van der Waals surface area (Å²) in [7, 11) is 0. The van der Waals surface area contributed by atoms with Gasteiger partial charge in [-0.3, -0.25) is 0 Å². The molecular formula is C17H20N4O. The van der Waals surface area contributed by atoms with E-state index in [1.807, 2.05) is 30.5 Å². The highest BCUT2D eigenvalue weighted by Gasteiger charge is 2.24. The third kappa shape index (κ3) is 2.47. The number of fused-ring (bicyclic) bond motifs is 1. The number of rotatable bonds is 3. The van der Waals surface area contributed by atoms with Crippen LogP contribution in [-0.4, -0.2) is 27.6 Å². The molecule has 22 heavy (non-hydrogen) atoms. The van der Waals surface area contributed by atoms with Gasteiger partial charge in [-0.2, -0.15) is 4.98 Å². The summed E-state index contributed by atoms with van der Waals surface area (Å²) in [6.07, 6.45) is 6.36. The standard InChI is InChI=1S/C17H20N4O/c1-13-18-8-10-20(13)11-14-5-4-9-21(12-14)17-19-15-6-2-3-7-16(15)22-17/h2-3,6-8,10,14H,4-5,9,11-12H2,1H3. The van der Waals surface area contributed by atoms with Crippen molar-refractivity contribution in [2.75, 3.05) is 18.0 Å². The average molecular weight is 296 g/mol. The fourth-order valence-corrected chi connectivity index (χ4v) is 3.26.